The topological polar surface area (TPSA) is 567 Å². The Bertz CT molecular complexity index is 4820. The molecule has 18 amide bonds. The molecule has 10 fully saturated rings. The number of carbonyl (C=O) groups excluding carboxylic acids is 18. The first-order chi connectivity index (χ1) is 64.8. The number of carbonyl (C=O) groups is 18. The maximum Gasteiger partial charge on any atom is 0.411 e. The molecule has 0 radical (unpaired) electrons. The van der Waals surface area contributed by atoms with Crippen molar-refractivity contribution in [1.29, 1.82) is 0 Å². The molecule has 3 unspecified atom stereocenters. The van der Waals surface area contributed by atoms with E-state index in [1.54, 1.807) is 24.3 Å². The van der Waals surface area contributed by atoms with E-state index in [9.17, 15) is 86.3 Å². The molecule has 18 N–H and O–H groups in total. The minimum absolute atomic E-state index is 0.0551. The fourth-order valence-electron chi connectivity index (χ4n) is 19.9. The molecule has 39 heteroatoms. The van der Waals surface area contributed by atoms with Gasteiger partial charge in [0, 0.05) is 37.4 Å². The van der Waals surface area contributed by atoms with Crippen molar-refractivity contribution in [3.05, 3.63) is 30.3 Å². The molecule has 0 bridgehead atoms. The normalized spacial score (nSPS) is 24.1. The summed E-state index contributed by atoms with van der Waals surface area (Å²) in [6, 6.07) is -3.54. The maximum atomic E-state index is 14.3. The predicted octanol–water partition coefficient (Wildman–Crippen LogP) is 8.11. The molecule has 3 heterocycles. The highest BCUT2D eigenvalue weighted by molar-refractivity contribution is 6.39. The highest BCUT2D eigenvalue weighted by atomic mass is 16.6. The summed E-state index contributed by atoms with van der Waals surface area (Å²) in [7, 11) is 0. The Balaban J connectivity index is 0.000000236. The first-order valence-corrected chi connectivity index (χ1v) is 50.2. The van der Waals surface area contributed by atoms with Crippen LogP contribution in [0.15, 0.2) is 30.3 Å². The minimum atomic E-state index is -1.11. The lowest BCUT2D eigenvalue weighted by atomic mass is 9.80. The summed E-state index contributed by atoms with van der Waals surface area (Å²) in [6.45, 7) is 52.6. The molecule has 1 aromatic carbocycles. The summed E-state index contributed by atoms with van der Waals surface area (Å²) in [4.78, 5) is 240. The molecule has 18 atom stereocenters. The Kier molecular flexibility index (Phi) is 35.2. The second-order valence-corrected chi connectivity index (χ2v) is 50.4. The third-order valence-electron chi connectivity index (χ3n) is 30.3. The van der Waals surface area contributed by atoms with Gasteiger partial charge in [0.2, 0.25) is 52.8 Å². The molecule has 11 rings (SSSR count). The zero-order chi connectivity index (χ0) is 106. The molecular formula is C102H164N18O21. The number of para-hydroxylation sites is 1. The van der Waals surface area contributed by atoms with Crippen molar-refractivity contribution in [2.75, 3.05) is 51.3 Å². The van der Waals surface area contributed by atoms with E-state index in [0.29, 0.717) is 57.0 Å². The number of hydrogen-bond donors (Lipinski definition) is 15. The number of likely N-dealkylation sites (tertiary alicyclic amines) is 3. The largest absolute Gasteiger partial charge is 0.447 e. The van der Waals surface area contributed by atoms with E-state index < -0.39 is 217 Å². The van der Waals surface area contributed by atoms with Gasteiger partial charge in [-0.3, -0.25) is 62.9 Å². The molecule has 3 saturated heterocycles. The van der Waals surface area contributed by atoms with Gasteiger partial charge < -0.3 is 105 Å². The molecule has 0 spiro atoms. The number of amides is 18. The van der Waals surface area contributed by atoms with Crippen LogP contribution in [0.4, 0.5) is 34.5 Å². The number of urea groups is 3. The SMILES string of the molecule is CC(C)(C)NC(=O)OC[C@@H](NC(=O)N[C@H](C(=O)N1C[C@H]2[C@@H]([C@H]1C(=O)NC(CC1CCC1)C(=O)C(N)=O)C2(C)C)C(C)(C)C)C(C)(C)C.CC(C)(C)[C@H](NC(=O)N[C@H](COC(=O)NCC1CC1)C(C)(C)C)C(=O)N1C[C@H]2[C@@H]([C@H]1C(=O)NC(CC1CC1)C(=O)C(N)=O)C2(C)C.CC(C)(C)[C@H](NC(=O)N[C@H](COC(=O)Nc1ccccc1)C(C)(C)C)C(=O)N1C[C@H]2[C@@H]([C@H]1C(=O)NC(CC1CC1)C(=O)C(N)=O)C2(C)C. The number of ether oxygens (including phenoxy) is 3. The van der Waals surface area contributed by atoms with Crippen LogP contribution < -0.4 is 81.0 Å². The number of Topliss-reactive ketones (excluding diaryl/α,β-unsaturated/α-hetero) is 3. The number of nitrogens with one attached hydrogen (secondary N) is 12. The third kappa shape index (κ3) is 30.1. The van der Waals surface area contributed by atoms with Crippen LogP contribution in [0, 0.1) is 108 Å². The zero-order valence-corrected chi connectivity index (χ0v) is 88.2. The van der Waals surface area contributed by atoms with Gasteiger partial charge in [-0.25, -0.2) is 28.8 Å². The van der Waals surface area contributed by atoms with E-state index >= 15 is 0 Å². The van der Waals surface area contributed by atoms with Gasteiger partial charge in [0.25, 0.3) is 17.7 Å². The van der Waals surface area contributed by atoms with Crippen LogP contribution in [-0.4, -0.2) is 246 Å². The number of anilines is 1. The van der Waals surface area contributed by atoms with Gasteiger partial charge >= 0.3 is 36.4 Å². The zero-order valence-electron chi connectivity index (χ0n) is 88.2. The van der Waals surface area contributed by atoms with Gasteiger partial charge in [-0.05, 0) is 173 Å². The first kappa shape index (κ1) is 114. The number of nitrogens with two attached hydrogens (primary N) is 3. The minimum Gasteiger partial charge on any atom is -0.447 e. The maximum absolute atomic E-state index is 14.3. The number of hydrogen-bond acceptors (Lipinski definition) is 21. The van der Waals surface area contributed by atoms with Gasteiger partial charge in [0.1, 0.15) is 56.1 Å². The molecule has 1 aromatic rings. The number of rotatable bonds is 36. The van der Waals surface area contributed by atoms with Gasteiger partial charge in [0.05, 0.1) is 36.3 Å². The van der Waals surface area contributed by atoms with Crippen LogP contribution in [0.2, 0.25) is 0 Å². The van der Waals surface area contributed by atoms with E-state index in [-0.39, 0.29) is 89.3 Å². The monoisotopic (exact) mass is 1980 g/mol. The molecule has 0 aromatic heterocycles. The summed E-state index contributed by atoms with van der Waals surface area (Å²) in [5, 5.41) is 33.6. The molecular weight excluding hydrogens is 1810 g/mol. The Morgan fingerprint density at radius 2 is 0.631 bits per heavy atom. The van der Waals surface area contributed by atoms with E-state index in [0.717, 1.165) is 57.8 Å². The van der Waals surface area contributed by atoms with Crippen LogP contribution in [0.1, 0.15) is 264 Å². The number of ketones is 3. The van der Waals surface area contributed by atoms with Crippen LogP contribution in [0.5, 0.6) is 0 Å². The number of alkyl carbamates (subject to hydrolysis) is 2. The van der Waals surface area contributed by atoms with Crippen LogP contribution in [-0.2, 0) is 71.7 Å². The predicted molar refractivity (Wildman–Crippen MR) is 526 cm³/mol. The number of nitrogens with zero attached hydrogens (tertiary/aromatic N) is 3. The highest BCUT2D eigenvalue weighted by Crippen LogP contribution is 2.67. The molecule has 7 saturated carbocycles. The second-order valence-electron chi connectivity index (χ2n) is 50.4. The third-order valence-corrected chi connectivity index (χ3v) is 30.3. The van der Waals surface area contributed by atoms with Crippen LogP contribution in [0.25, 0.3) is 0 Å². The Morgan fingerprint density at radius 3 is 0.879 bits per heavy atom. The lowest BCUT2D eigenvalue weighted by molar-refractivity contribution is -0.145. The lowest BCUT2D eigenvalue weighted by Crippen LogP contribution is -2.62. The Hall–Kier alpha value is -10.9. The quantitative estimate of drug-likeness (QED) is 0.0223. The van der Waals surface area contributed by atoms with Crippen LogP contribution >= 0.6 is 0 Å². The average molecular weight is 1980 g/mol. The molecule has 3 aliphatic heterocycles. The molecule has 39 nitrogen and oxygen atoms in total. The Labute approximate surface area is 831 Å². The van der Waals surface area contributed by atoms with E-state index in [1.807, 2.05) is 179 Å². The van der Waals surface area contributed by atoms with Gasteiger partial charge in [0.15, 0.2) is 0 Å². The standard InChI is InChI=1S/C35H52N6O7.C34H58N6O7.C33H54N6O7/c1-33(2,3)23(18-48-32(47)37-20-12-10-9-11-13-20)39-31(46)40-27(34(4,5)6)30(45)41-17-21-24(35(21,7)8)25(41)29(44)38-22(16-19-14-15-19)26(42)28(36)43;1-31(2,3)21(17-47-30(46)39-33(7,8)9)37-29(45)38-25(32(4,5)6)28(44)40-16-19-22(34(19,10)11)23(40)27(43)36-20(24(41)26(35)42)15-18-13-12-14-18;1-31(2,3)21(16-46-30(45)35-14-18-11-12-18)37-29(44)38-25(32(4,5)6)28(43)39-15-19-22(33(19,7)8)23(39)27(42)36-20(13-17-9-10-17)24(40)26(34)41/h9-13,19,21-25,27H,14-18H2,1-8H3,(H2,36,43)(H,37,47)(H,38,44)(H2,39,40,46);18-23,25H,12-17H2,1-11H3,(H2,35,42)(H,36,43)(H,39,46)(H2,37,38,45);17-23,25H,9-16H2,1-8H3,(H2,34,41)(H,35,45)(H,36,42)(H2,37,38,44)/t21-,22?,23+,24-,25-,27+;2*19-,20?,21+,22-,23-,25+/m000/s1. The highest BCUT2D eigenvalue weighted by Gasteiger charge is 2.73. The number of primary amides is 3. The van der Waals surface area contributed by atoms with Crippen LogP contribution in [0.3, 0.4) is 0 Å². The second kappa shape index (κ2) is 43.7. The molecule has 10 aliphatic rings. The fraction of sp³-hybridized carbons (Fsp3) is 0.765. The fourth-order valence-corrected chi connectivity index (χ4v) is 19.9. The lowest BCUT2D eigenvalue weighted by Gasteiger charge is -2.39. The summed E-state index contributed by atoms with van der Waals surface area (Å²) >= 11 is 0. The van der Waals surface area contributed by atoms with Crippen molar-refractivity contribution < 1.29 is 101 Å². The van der Waals surface area contributed by atoms with E-state index in [2.05, 4.69) is 77.6 Å². The van der Waals surface area contributed by atoms with Crippen molar-refractivity contribution in [3.63, 3.8) is 0 Å². The Morgan fingerprint density at radius 1 is 0.355 bits per heavy atom. The smallest absolute Gasteiger partial charge is 0.411 e. The molecule has 141 heavy (non-hydrogen) atoms. The van der Waals surface area contributed by atoms with Gasteiger partial charge in [-0.2, -0.15) is 0 Å². The van der Waals surface area contributed by atoms with Crippen molar-refractivity contribution in [2.45, 2.75) is 342 Å². The number of fused-ring (bicyclic) bond motifs is 3. The van der Waals surface area contributed by atoms with Crippen molar-refractivity contribution in [2.24, 2.45) is 125 Å². The van der Waals surface area contributed by atoms with Crippen molar-refractivity contribution >= 4 is 113 Å². The summed E-state index contributed by atoms with van der Waals surface area (Å²) < 4.78 is 16.3. The summed E-state index contributed by atoms with van der Waals surface area (Å²) in [5.41, 5.74) is 11.7. The van der Waals surface area contributed by atoms with E-state index in [4.69, 9.17) is 31.4 Å². The van der Waals surface area contributed by atoms with Crippen molar-refractivity contribution in [3.8, 4) is 0 Å². The molecule has 788 valence electrons. The van der Waals surface area contributed by atoms with E-state index in [1.165, 1.54) is 14.7 Å². The van der Waals surface area contributed by atoms with Crippen molar-refractivity contribution in [1.82, 2.24) is 73.2 Å². The average Bonchev–Trinajstić information content (AvgIpc) is 1.53. The first-order valence-electron chi connectivity index (χ1n) is 50.2. The van der Waals surface area contributed by atoms with Gasteiger partial charge in [-0.15, -0.1) is 0 Å². The molecule has 7 aliphatic carbocycles. The number of piperidine rings is 3. The van der Waals surface area contributed by atoms with Gasteiger partial charge in [-0.1, -0.05) is 229 Å². The summed E-state index contributed by atoms with van der Waals surface area (Å²) in [5.74, 6) is -7.61. The summed E-state index contributed by atoms with van der Waals surface area (Å²) in [6.07, 6.45) is 7.88. The number of benzene rings is 1.